The first kappa shape index (κ1) is 21.0. The number of carbonyl (C=O) groups is 2. The van der Waals surface area contributed by atoms with Crippen molar-refractivity contribution in [3.8, 4) is 11.5 Å². The van der Waals surface area contributed by atoms with Gasteiger partial charge < -0.3 is 20.1 Å². The number of piperidine rings is 1. The summed E-state index contributed by atoms with van der Waals surface area (Å²) in [6.07, 6.45) is 1.48. The molecule has 0 radical (unpaired) electrons. The van der Waals surface area contributed by atoms with Gasteiger partial charge in [-0.25, -0.2) is 0 Å². The second kappa shape index (κ2) is 9.18. The summed E-state index contributed by atoms with van der Waals surface area (Å²) >= 11 is 5.91. The highest BCUT2D eigenvalue weighted by Crippen LogP contribution is 2.36. The maximum absolute atomic E-state index is 12.9. The number of carbonyl (C=O) groups excluding carboxylic acids is 2. The fraction of sp³-hybridized carbons (Fsp3) is 0.364. The van der Waals surface area contributed by atoms with Crippen molar-refractivity contribution in [1.29, 1.82) is 0 Å². The maximum atomic E-state index is 12.9. The van der Waals surface area contributed by atoms with Gasteiger partial charge in [0, 0.05) is 29.9 Å². The third-order valence-corrected chi connectivity index (χ3v) is 5.61. The minimum atomic E-state index is -0.400. The minimum Gasteiger partial charge on any atom is -0.496 e. The molecule has 154 valence electrons. The summed E-state index contributed by atoms with van der Waals surface area (Å²) in [4.78, 5) is 26.4. The number of hydrogen-bond donors (Lipinski definition) is 1. The molecule has 1 fully saturated rings. The summed E-state index contributed by atoms with van der Waals surface area (Å²) in [5.41, 5.74) is 5.65. The molecular weight excluding hydrogens is 392 g/mol. The normalized spacial score (nSPS) is 15.6. The average Bonchev–Trinajstić information content (AvgIpc) is 2.73. The van der Waals surface area contributed by atoms with Gasteiger partial charge in [0.1, 0.15) is 11.5 Å². The SMILES string of the molecule is COc1ccccc1C(=O)N1CCC(COc2ccc(Cl)cc2)(CC(N)=O)CC1. The zero-order valence-electron chi connectivity index (χ0n) is 16.4. The maximum Gasteiger partial charge on any atom is 0.257 e. The van der Waals surface area contributed by atoms with E-state index >= 15 is 0 Å². The Kier molecular flexibility index (Phi) is 6.64. The summed E-state index contributed by atoms with van der Waals surface area (Å²) in [5, 5.41) is 0.632. The van der Waals surface area contributed by atoms with Crippen LogP contribution in [0.25, 0.3) is 0 Å². The first-order valence-corrected chi connectivity index (χ1v) is 9.89. The molecular formula is C22H25ClN2O4. The number of halogens is 1. The predicted octanol–water partition coefficient (Wildman–Crippen LogP) is 3.53. The summed E-state index contributed by atoms with van der Waals surface area (Å²) in [6.45, 7) is 1.40. The van der Waals surface area contributed by atoms with Gasteiger partial charge in [-0.15, -0.1) is 0 Å². The van der Waals surface area contributed by atoms with Crippen molar-refractivity contribution in [1.82, 2.24) is 4.90 Å². The molecule has 0 aromatic heterocycles. The van der Waals surface area contributed by atoms with E-state index in [0.29, 0.717) is 54.6 Å². The molecule has 6 nitrogen and oxygen atoms in total. The number of para-hydroxylation sites is 1. The third kappa shape index (κ3) is 5.21. The van der Waals surface area contributed by atoms with Crippen LogP contribution in [0.4, 0.5) is 0 Å². The Hall–Kier alpha value is -2.73. The molecule has 0 bridgehead atoms. The number of likely N-dealkylation sites (tertiary alicyclic amines) is 1. The number of primary amides is 1. The first-order valence-electron chi connectivity index (χ1n) is 9.51. The number of rotatable bonds is 7. The van der Waals surface area contributed by atoms with E-state index in [9.17, 15) is 9.59 Å². The Morgan fingerprint density at radius 1 is 1.10 bits per heavy atom. The second-order valence-electron chi connectivity index (χ2n) is 7.38. The molecule has 29 heavy (non-hydrogen) atoms. The molecule has 0 unspecified atom stereocenters. The lowest BCUT2D eigenvalue weighted by atomic mass is 9.76. The number of nitrogens with zero attached hydrogens (tertiary/aromatic N) is 1. The van der Waals surface area contributed by atoms with Crippen LogP contribution < -0.4 is 15.2 Å². The molecule has 7 heteroatoms. The van der Waals surface area contributed by atoms with E-state index in [1.165, 1.54) is 0 Å². The predicted molar refractivity (Wildman–Crippen MR) is 111 cm³/mol. The minimum absolute atomic E-state index is 0.0752. The molecule has 2 aromatic rings. The Labute approximate surface area is 175 Å². The number of ether oxygens (including phenoxy) is 2. The molecule has 0 spiro atoms. The van der Waals surface area contributed by atoms with Crippen LogP contribution in [0.1, 0.15) is 29.6 Å². The van der Waals surface area contributed by atoms with E-state index in [2.05, 4.69) is 0 Å². The lowest BCUT2D eigenvalue weighted by Crippen LogP contribution is -2.47. The zero-order valence-corrected chi connectivity index (χ0v) is 17.2. The molecule has 2 aromatic carbocycles. The van der Waals surface area contributed by atoms with Crippen LogP contribution in [0, 0.1) is 5.41 Å². The van der Waals surface area contributed by atoms with E-state index < -0.39 is 5.41 Å². The van der Waals surface area contributed by atoms with Crippen LogP contribution in [-0.2, 0) is 4.79 Å². The summed E-state index contributed by atoms with van der Waals surface area (Å²) in [5.74, 6) is 0.797. The standard InChI is InChI=1S/C22H25ClN2O4/c1-28-19-5-3-2-4-18(19)21(27)25-12-10-22(11-13-25,14-20(24)26)15-29-17-8-6-16(23)7-9-17/h2-9H,10-15H2,1H3,(H2,24,26). The van der Waals surface area contributed by atoms with Gasteiger partial charge in [0.25, 0.3) is 5.91 Å². The first-order chi connectivity index (χ1) is 13.9. The molecule has 1 aliphatic heterocycles. The monoisotopic (exact) mass is 416 g/mol. The number of amides is 2. The van der Waals surface area contributed by atoms with Gasteiger partial charge >= 0.3 is 0 Å². The topological polar surface area (TPSA) is 81.9 Å². The molecule has 0 saturated carbocycles. The van der Waals surface area contributed by atoms with Crippen molar-refractivity contribution in [2.75, 3.05) is 26.8 Å². The van der Waals surface area contributed by atoms with Crippen molar-refractivity contribution in [3.05, 3.63) is 59.1 Å². The third-order valence-electron chi connectivity index (χ3n) is 5.36. The lowest BCUT2D eigenvalue weighted by Gasteiger charge is -2.41. The van der Waals surface area contributed by atoms with Gasteiger partial charge in [0.05, 0.1) is 19.3 Å². The van der Waals surface area contributed by atoms with Crippen LogP contribution in [0.3, 0.4) is 0 Å². The van der Waals surface area contributed by atoms with Crippen LogP contribution >= 0.6 is 11.6 Å². The van der Waals surface area contributed by atoms with Crippen LogP contribution in [0.2, 0.25) is 5.02 Å². The summed E-state index contributed by atoms with van der Waals surface area (Å²) < 4.78 is 11.2. The highest BCUT2D eigenvalue weighted by molar-refractivity contribution is 6.30. The number of hydrogen-bond acceptors (Lipinski definition) is 4. The van der Waals surface area contributed by atoms with Gasteiger partial charge in [0.2, 0.25) is 5.91 Å². The fourth-order valence-electron chi connectivity index (χ4n) is 3.68. The van der Waals surface area contributed by atoms with E-state index in [0.717, 1.165) is 0 Å². The Morgan fingerprint density at radius 2 is 1.76 bits per heavy atom. The molecule has 1 heterocycles. The summed E-state index contributed by atoms with van der Waals surface area (Å²) in [7, 11) is 1.55. The van der Waals surface area contributed by atoms with Crippen molar-refractivity contribution in [2.45, 2.75) is 19.3 Å². The van der Waals surface area contributed by atoms with Crippen LogP contribution in [0.5, 0.6) is 11.5 Å². The quantitative estimate of drug-likeness (QED) is 0.748. The van der Waals surface area contributed by atoms with Gasteiger partial charge in [-0.2, -0.15) is 0 Å². The van der Waals surface area contributed by atoms with E-state index in [1.54, 1.807) is 48.4 Å². The molecule has 1 aliphatic rings. The van der Waals surface area contributed by atoms with Crippen LogP contribution in [0.15, 0.2) is 48.5 Å². The molecule has 1 saturated heterocycles. The Bertz CT molecular complexity index is 861. The fourth-order valence-corrected chi connectivity index (χ4v) is 3.81. The highest BCUT2D eigenvalue weighted by Gasteiger charge is 2.38. The molecule has 2 N–H and O–H groups in total. The largest absolute Gasteiger partial charge is 0.496 e. The van der Waals surface area contributed by atoms with Crippen molar-refractivity contribution < 1.29 is 19.1 Å². The Morgan fingerprint density at radius 3 is 2.38 bits per heavy atom. The highest BCUT2D eigenvalue weighted by atomic mass is 35.5. The number of nitrogens with two attached hydrogens (primary N) is 1. The van der Waals surface area contributed by atoms with E-state index in [-0.39, 0.29) is 18.2 Å². The Balaban J connectivity index is 1.68. The van der Waals surface area contributed by atoms with Gasteiger partial charge in [-0.1, -0.05) is 23.7 Å². The summed E-state index contributed by atoms with van der Waals surface area (Å²) in [6, 6.07) is 14.3. The molecule has 0 atom stereocenters. The van der Waals surface area contributed by atoms with Crippen molar-refractivity contribution in [3.63, 3.8) is 0 Å². The molecule has 0 aliphatic carbocycles. The average molecular weight is 417 g/mol. The van der Waals surface area contributed by atoms with Gasteiger partial charge in [-0.05, 0) is 49.2 Å². The smallest absolute Gasteiger partial charge is 0.257 e. The molecule has 3 rings (SSSR count). The van der Waals surface area contributed by atoms with Gasteiger partial charge in [-0.3, -0.25) is 9.59 Å². The number of methoxy groups -OCH3 is 1. The van der Waals surface area contributed by atoms with E-state index in [4.69, 9.17) is 26.8 Å². The molecule has 2 amide bonds. The van der Waals surface area contributed by atoms with Gasteiger partial charge in [0.15, 0.2) is 0 Å². The van der Waals surface area contributed by atoms with Crippen LogP contribution in [-0.4, -0.2) is 43.5 Å². The number of benzene rings is 2. The van der Waals surface area contributed by atoms with E-state index in [1.807, 2.05) is 12.1 Å². The van der Waals surface area contributed by atoms with Crippen molar-refractivity contribution in [2.24, 2.45) is 11.1 Å². The second-order valence-corrected chi connectivity index (χ2v) is 7.81. The lowest BCUT2D eigenvalue weighted by molar-refractivity contribution is -0.121. The van der Waals surface area contributed by atoms with Crippen molar-refractivity contribution >= 4 is 23.4 Å². The zero-order chi connectivity index (χ0) is 20.9.